The van der Waals surface area contributed by atoms with Crippen molar-refractivity contribution in [3.8, 4) is 11.5 Å². The van der Waals surface area contributed by atoms with Crippen molar-refractivity contribution < 1.29 is 27.5 Å². The van der Waals surface area contributed by atoms with Crippen LogP contribution in [0.3, 0.4) is 0 Å². The van der Waals surface area contributed by atoms with E-state index >= 15 is 0 Å². The summed E-state index contributed by atoms with van der Waals surface area (Å²) >= 11 is 0. The molecule has 0 radical (unpaired) electrons. The zero-order valence-electron chi connectivity index (χ0n) is 18.7. The minimum atomic E-state index is -3.93. The molecule has 1 aliphatic carbocycles. The molecule has 9 heteroatoms. The fourth-order valence-electron chi connectivity index (χ4n) is 4.60. The Kier molecular flexibility index (Phi) is 6.60. The Morgan fingerprint density at radius 1 is 1.06 bits per heavy atom. The van der Waals surface area contributed by atoms with Crippen molar-refractivity contribution in [3.63, 3.8) is 0 Å². The Hall–Kier alpha value is -3.07. The molecule has 1 fully saturated rings. The van der Waals surface area contributed by atoms with E-state index in [1.54, 1.807) is 36.4 Å². The average molecular weight is 473 g/mol. The third-order valence-corrected chi connectivity index (χ3v) is 8.45. The number of benzene rings is 2. The number of para-hydroxylation sites is 1. The second kappa shape index (κ2) is 9.43. The van der Waals surface area contributed by atoms with Gasteiger partial charge in [0.2, 0.25) is 11.8 Å². The molecule has 2 amide bonds. The largest absolute Gasteiger partial charge is 0.493 e. The smallest absolute Gasteiger partial charge is 0.240 e. The highest BCUT2D eigenvalue weighted by Gasteiger charge is 2.40. The van der Waals surface area contributed by atoms with Gasteiger partial charge in [-0.3, -0.25) is 9.59 Å². The lowest BCUT2D eigenvalue weighted by molar-refractivity contribution is -0.124. The van der Waals surface area contributed by atoms with Crippen molar-refractivity contribution in [2.75, 3.05) is 25.7 Å². The highest BCUT2D eigenvalue weighted by molar-refractivity contribution is 7.92. The van der Waals surface area contributed by atoms with E-state index in [2.05, 4.69) is 5.32 Å². The van der Waals surface area contributed by atoms with Crippen molar-refractivity contribution in [2.45, 2.75) is 48.3 Å². The van der Waals surface area contributed by atoms with Crippen LogP contribution in [0.5, 0.6) is 11.5 Å². The number of hydrogen-bond donors (Lipinski definition) is 1. The first kappa shape index (κ1) is 23.1. The molecule has 1 saturated carbocycles. The van der Waals surface area contributed by atoms with Gasteiger partial charge in [0.25, 0.3) is 0 Å². The molecule has 2 aromatic rings. The van der Waals surface area contributed by atoms with Crippen LogP contribution in [0.2, 0.25) is 0 Å². The van der Waals surface area contributed by atoms with Gasteiger partial charge in [0.15, 0.2) is 21.3 Å². The van der Waals surface area contributed by atoms with E-state index in [1.165, 1.54) is 25.2 Å². The number of carbonyl (C=O) groups is 2. The van der Waals surface area contributed by atoms with Crippen LogP contribution in [0.25, 0.3) is 0 Å². The second-order valence-electron chi connectivity index (χ2n) is 8.35. The van der Waals surface area contributed by atoms with Gasteiger partial charge in [0.05, 0.1) is 30.1 Å². The lowest BCUT2D eigenvalue weighted by Crippen LogP contribution is -2.43. The first-order chi connectivity index (χ1) is 15.8. The molecule has 2 aromatic carbocycles. The van der Waals surface area contributed by atoms with Crippen LogP contribution in [0.15, 0.2) is 47.4 Å². The highest BCUT2D eigenvalue weighted by Crippen LogP contribution is 2.42. The normalized spacial score (nSPS) is 20.1. The number of rotatable bonds is 6. The number of amides is 2. The summed E-state index contributed by atoms with van der Waals surface area (Å²) in [5, 5.41) is 1.86. The topological polar surface area (TPSA) is 102 Å². The van der Waals surface area contributed by atoms with Crippen LogP contribution in [-0.2, 0) is 19.4 Å². The van der Waals surface area contributed by atoms with Gasteiger partial charge < -0.3 is 19.7 Å². The molecule has 2 aliphatic rings. The lowest BCUT2D eigenvalue weighted by Gasteiger charge is -2.23. The fraction of sp³-hybridized carbons (Fsp3) is 0.417. The molecular formula is C24H28N2O6S. The summed E-state index contributed by atoms with van der Waals surface area (Å²) in [7, 11) is -0.971. The molecule has 0 saturated heterocycles. The van der Waals surface area contributed by atoms with Crippen LogP contribution in [-0.4, -0.2) is 47.0 Å². The maximum absolute atomic E-state index is 13.7. The average Bonchev–Trinajstić information content (AvgIpc) is 3.30. The van der Waals surface area contributed by atoms with Crippen LogP contribution < -0.4 is 19.7 Å². The van der Waals surface area contributed by atoms with E-state index in [9.17, 15) is 18.0 Å². The van der Waals surface area contributed by atoms with Crippen molar-refractivity contribution >= 4 is 27.3 Å². The monoisotopic (exact) mass is 472 g/mol. The Morgan fingerprint density at radius 2 is 1.76 bits per heavy atom. The van der Waals surface area contributed by atoms with E-state index in [-0.39, 0.29) is 35.5 Å². The summed E-state index contributed by atoms with van der Waals surface area (Å²) in [6, 6.07) is 11.3. The van der Waals surface area contributed by atoms with Crippen molar-refractivity contribution in [3.05, 3.63) is 48.0 Å². The molecule has 1 heterocycles. The SMILES string of the molecule is COc1ccc([C@@H]2CC(=O)N(CC(=O)NC3CCCC3)c3ccccc3S2(=O)=O)cc1OC. The van der Waals surface area contributed by atoms with Gasteiger partial charge in [-0.2, -0.15) is 0 Å². The molecule has 0 bridgehead atoms. The van der Waals surface area contributed by atoms with Crippen LogP contribution in [0.1, 0.15) is 42.9 Å². The Morgan fingerprint density at radius 3 is 2.45 bits per heavy atom. The molecule has 176 valence electrons. The van der Waals surface area contributed by atoms with Gasteiger partial charge in [0, 0.05) is 12.5 Å². The molecule has 1 atom stereocenters. The van der Waals surface area contributed by atoms with Gasteiger partial charge in [0.1, 0.15) is 6.54 Å². The number of hydrogen-bond acceptors (Lipinski definition) is 6. The number of nitrogens with one attached hydrogen (secondary N) is 1. The molecule has 0 aromatic heterocycles. The van der Waals surface area contributed by atoms with Crippen LogP contribution in [0.4, 0.5) is 5.69 Å². The highest BCUT2D eigenvalue weighted by atomic mass is 32.2. The Labute approximate surface area is 193 Å². The number of anilines is 1. The fourth-order valence-corrected chi connectivity index (χ4v) is 6.51. The van der Waals surface area contributed by atoms with E-state index in [4.69, 9.17) is 9.47 Å². The third kappa shape index (κ3) is 4.55. The molecule has 1 aliphatic heterocycles. The number of fused-ring (bicyclic) bond motifs is 1. The lowest BCUT2D eigenvalue weighted by atomic mass is 10.1. The summed E-state index contributed by atoms with van der Waals surface area (Å²) in [4.78, 5) is 27.4. The number of ether oxygens (including phenoxy) is 2. The molecule has 0 spiro atoms. The number of carbonyl (C=O) groups excluding carboxylic acids is 2. The molecule has 1 N–H and O–H groups in total. The van der Waals surface area contributed by atoms with E-state index in [1.807, 2.05) is 0 Å². The molecule has 4 rings (SSSR count). The summed E-state index contributed by atoms with van der Waals surface area (Å²) < 4.78 is 38.0. The maximum atomic E-state index is 13.7. The van der Waals surface area contributed by atoms with Gasteiger partial charge in [-0.1, -0.05) is 31.0 Å². The predicted molar refractivity (Wildman–Crippen MR) is 123 cm³/mol. The zero-order valence-corrected chi connectivity index (χ0v) is 19.6. The van der Waals surface area contributed by atoms with E-state index < -0.39 is 21.0 Å². The minimum absolute atomic E-state index is 0.0318. The summed E-state index contributed by atoms with van der Waals surface area (Å²) in [5.74, 6) is 0.129. The second-order valence-corrected chi connectivity index (χ2v) is 10.4. The number of methoxy groups -OCH3 is 2. The molecule has 33 heavy (non-hydrogen) atoms. The van der Waals surface area contributed by atoms with Crippen molar-refractivity contribution in [1.29, 1.82) is 0 Å². The van der Waals surface area contributed by atoms with Crippen molar-refractivity contribution in [1.82, 2.24) is 5.32 Å². The predicted octanol–water partition coefficient (Wildman–Crippen LogP) is 3.01. The minimum Gasteiger partial charge on any atom is -0.493 e. The zero-order chi connectivity index (χ0) is 23.6. The van der Waals surface area contributed by atoms with Gasteiger partial charge >= 0.3 is 0 Å². The Balaban J connectivity index is 1.71. The molecule has 0 unspecified atom stereocenters. The summed E-state index contributed by atoms with van der Waals surface area (Å²) in [6.07, 6.45) is 3.70. The first-order valence-corrected chi connectivity index (χ1v) is 12.5. The number of sulfone groups is 1. The Bertz CT molecular complexity index is 1160. The molecular weight excluding hydrogens is 444 g/mol. The summed E-state index contributed by atoms with van der Waals surface area (Å²) in [5.41, 5.74) is 0.653. The number of nitrogens with zero attached hydrogens (tertiary/aromatic N) is 1. The van der Waals surface area contributed by atoms with E-state index in [0.717, 1.165) is 25.7 Å². The van der Waals surface area contributed by atoms with Gasteiger partial charge in [-0.05, 0) is 42.7 Å². The van der Waals surface area contributed by atoms with E-state index in [0.29, 0.717) is 17.1 Å². The van der Waals surface area contributed by atoms with Crippen molar-refractivity contribution in [2.24, 2.45) is 0 Å². The van der Waals surface area contributed by atoms with Gasteiger partial charge in [-0.25, -0.2) is 8.42 Å². The maximum Gasteiger partial charge on any atom is 0.240 e. The quantitative estimate of drug-likeness (QED) is 0.694. The first-order valence-electron chi connectivity index (χ1n) is 11.0. The molecule has 8 nitrogen and oxygen atoms in total. The standard InChI is InChI=1S/C24H28N2O6S/c1-31-19-12-11-16(13-20(19)32-2)22-14-24(28)26(15-23(27)25-17-7-3-4-8-17)18-9-5-6-10-21(18)33(22,29)30/h5-6,9-13,17,22H,3-4,7-8,14-15H2,1-2H3,(H,25,27)/t22-/m0/s1. The van der Waals surface area contributed by atoms with Crippen LogP contribution in [0, 0.1) is 0 Å². The van der Waals surface area contributed by atoms with Crippen LogP contribution >= 0.6 is 0 Å². The summed E-state index contributed by atoms with van der Waals surface area (Å²) in [6.45, 7) is -0.222. The third-order valence-electron chi connectivity index (χ3n) is 6.30. The van der Waals surface area contributed by atoms with Gasteiger partial charge in [-0.15, -0.1) is 0 Å².